The summed E-state index contributed by atoms with van der Waals surface area (Å²) >= 11 is -2.10. The van der Waals surface area contributed by atoms with Gasteiger partial charge < -0.3 is 4.74 Å². The molecule has 0 bridgehead atoms. The van der Waals surface area contributed by atoms with E-state index in [1.807, 2.05) is 6.92 Å². The molecule has 6 heteroatoms. The minimum Gasteiger partial charge on any atom is -0.462 e. The average molecular weight is 271 g/mol. The second-order valence-corrected chi connectivity index (χ2v) is 4.51. The Morgan fingerprint density at radius 3 is 2.72 bits per heavy atom. The summed E-state index contributed by atoms with van der Waals surface area (Å²) in [4.78, 5) is 11.6. The summed E-state index contributed by atoms with van der Waals surface area (Å²) in [5.74, 6) is -0.431. The van der Waals surface area contributed by atoms with Gasteiger partial charge in [-0.3, -0.25) is 8.86 Å². The van der Waals surface area contributed by atoms with Crippen molar-refractivity contribution in [3.05, 3.63) is 29.8 Å². The van der Waals surface area contributed by atoms with Crippen molar-refractivity contribution in [2.45, 2.75) is 20.3 Å². The van der Waals surface area contributed by atoms with Crippen LogP contribution in [0.25, 0.3) is 0 Å². The highest BCUT2D eigenvalue weighted by Gasteiger charge is 2.14. The van der Waals surface area contributed by atoms with Crippen LogP contribution in [0.4, 0.5) is 5.69 Å². The molecule has 0 saturated heterocycles. The van der Waals surface area contributed by atoms with Crippen molar-refractivity contribution in [3.8, 4) is 0 Å². The minimum absolute atomic E-state index is 0.299. The summed E-state index contributed by atoms with van der Waals surface area (Å²) in [6.45, 7) is 4.38. The monoisotopic (exact) mass is 271 g/mol. The zero-order valence-corrected chi connectivity index (χ0v) is 11.3. The van der Waals surface area contributed by atoms with Crippen LogP contribution in [0.2, 0.25) is 0 Å². The van der Waals surface area contributed by atoms with Gasteiger partial charge in [0.1, 0.15) is 0 Å². The third-order valence-electron chi connectivity index (χ3n) is 2.26. The maximum atomic E-state index is 11.6. The van der Waals surface area contributed by atoms with Crippen molar-refractivity contribution in [3.63, 3.8) is 0 Å². The van der Waals surface area contributed by atoms with Crippen LogP contribution in [-0.2, 0) is 16.0 Å². The number of ether oxygens (including phenoxy) is 1. The van der Waals surface area contributed by atoms with E-state index in [0.29, 0.717) is 24.4 Å². The van der Waals surface area contributed by atoms with E-state index in [1.165, 1.54) is 4.31 Å². The van der Waals surface area contributed by atoms with Gasteiger partial charge in [0.2, 0.25) is 0 Å². The van der Waals surface area contributed by atoms with Crippen LogP contribution >= 0.6 is 0 Å². The predicted molar refractivity (Wildman–Crippen MR) is 70.8 cm³/mol. The number of nitrogens with zero attached hydrogens (tertiary/aromatic N) is 1. The lowest BCUT2D eigenvalue weighted by Crippen LogP contribution is -2.26. The molecule has 0 fully saturated rings. The molecule has 0 spiro atoms. The quantitative estimate of drug-likeness (QED) is 0.636. The van der Waals surface area contributed by atoms with Crippen LogP contribution in [0.3, 0.4) is 0 Å². The maximum Gasteiger partial charge on any atom is 0.338 e. The number of rotatable bonds is 6. The van der Waals surface area contributed by atoms with Crippen molar-refractivity contribution in [2.24, 2.45) is 0 Å². The van der Waals surface area contributed by atoms with Gasteiger partial charge in [-0.1, -0.05) is 13.0 Å². The molecule has 1 rings (SSSR count). The highest BCUT2D eigenvalue weighted by molar-refractivity contribution is 7.80. The number of hydrogen-bond acceptors (Lipinski definition) is 3. The molecule has 5 nitrogen and oxygen atoms in total. The van der Waals surface area contributed by atoms with E-state index in [9.17, 15) is 13.6 Å². The molecule has 1 aromatic rings. The molecule has 0 aliphatic heterocycles. The van der Waals surface area contributed by atoms with E-state index in [1.54, 1.807) is 31.2 Å². The smallest absolute Gasteiger partial charge is 0.338 e. The first-order valence-corrected chi connectivity index (χ1v) is 6.82. The molecular formula is C12H17NO4S. The molecule has 1 aromatic carbocycles. The summed E-state index contributed by atoms with van der Waals surface area (Å²) in [7, 11) is 0. The Morgan fingerprint density at radius 1 is 1.44 bits per heavy atom. The molecule has 1 N–H and O–H groups in total. The maximum absolute atomic E-state index is 11.6. The Kier molecular flexibility index (Phi) is 5.80. The van der Waals surface area contributed by atoms with E-state index >= 15 is 0 Å². The van der Waals surface area contributed by atoms with E-state index < -0.39 is 17.2 Å². The third kappa shape index (κ3) is 3.82. The largest absolute Gasteiger partial charge is 0.462 e. The van der Waals surface area contributed by atoms with Crippen LogP contribution in [0.15, 0.2) is 24.3 Å². The Hall–Kier alpha value is -1.40. The van der Waals surface area contributed by atoms with Gasteiger partial charge in [-0.25, -0.2) is 9.00 Å². The zero-order valence-electron chi connectivity index (χ0n) is 10.5. The van der Waals surface area contributed by atoms with E-state index in [2.05, 4.69) is 0 Å². The molecule has 100 valence electrons. The van der Waals surface area contributed by atoms with E-state index in [0.717, 1.165) is 6.42 Å². The van der Waals surface area contributed by atoms with Gasteiger partial charge in [-0.2, -0.15) is 0 Å². The summed E-state index contributed by atoms with van der Waals surface area (Å²) in [6, 6.07) is 6.53. The number of anilines is 1. The Morgan fingerprint density at radius 2 is 2.17 bits per heavy atom. The van der Waals surface area contributed by atoms with Crippen molar-refractivity contribution < 1.29 is 18.3 Å². The molecule has 1 unspecified atom stereocenters. The highest BCUT2D eigenvalue weighted by Crippen LogP contribution is 2.18. The fourth-order valence-corrected chi connectivity index (χ4v) is 2.14. The van der Waals surface area contributed by atoms with E-state index in [4.69, 9.17) is 4.74 Å². The molecule has 0 heterocycles. The van der Waals surface area contributed by atoms with Gasteiger partial charge in [-0.15, -0.1) is 0 Å². The molecule has 0 amide bonds. The first kappa shape index (κ1) is 14.7. The molecule has 1 atom stereocenters. The summed E-state index contributed by atoms with van der Waals surface area (Å²) in [6.07, 6.45) is 0.732. The fraction of sp³-hybridized carbons (Fsp3) is 0.417. The molecule has 0 radical (unpaired) electrons. The lowest BCUT2D eigenvalue weighted by molar-refractivity contribution is 0.0526. The first-order valence-electron chi connectivity index (χ1n) is 5.75. The van der Waals surface area contributed by atoms with Crippen LogP contribution in [0, 0.1) is 0 Å². The Balaban J connectivity index is 2.99. The van der Waals surface area contributed by atoms with Crippen LogP contribution < -0.4 is 4.31 Å². The van der Waals surface area contributed by atoms with Gasteiger partial charge in [0, 0.05) is 6.54 Å². The average Bonchev–Trinajstić information content (AvgIpc) is 2.36. The second-order valence-electron chi connectivity index (χ2n) is 3.60. The fourth-order valence-electron chi connectivity index (χ4n) is 1.50. The topological polar surface area (TPSA) is 66.8 Å². The minimum atomic E-state index is -2.10. The van der Waals surface area contributed by atoms with Crippen LogP contribution in [-0.4, -0.2) is 27.9 Å². The molecule has 0 saturated carbocycles. The summed E-state index contributed by atoms with van der Waals surface area (Å²) in [5.41, 5.74) is 0.907. The third-order valence-corrected chi connectivity index (χ3v) is 3.03. The molecular weight excluding hydrogens is 254 g/mol. The zero-order chi connectivity index (χ0) is 13.5. The number of benzene rings is 1. The number of hydrogen-bond donors (Lipinski definition) is 1. The van der Waals surface area contributed by atoms with Gasteiger partial charge in [-0.05, 0) is 31.5 Å². The van der Waals surface area contributed by atoms with Gasteiger partial charge in [0.25, 0.3) is 11.3 Å². The first-order chi connectivity index (χ1) is 8.60. The number of carbonyl (C=O) groups excluding carboxylic acids is 1. The normalized spacial score (nSPS) is 11.9. The lowest BCUT2D eigenvalue weighted by Gasteiger charge is -2.19. The Bertz CT molecular complexity index is 436. The molecule has 0 aliphatic carbocycles. The van der Waals surface area contributed by atoms with Gasteiger partial charge in [0.15, 0.2) is 0 Å². The van der Waals surface area contributed by atoms with Crippen molar-refractivity contribution in [1.82, 2.24) is 0 Å². The summed E-state index contributed by atoms with van der Waals surface area (Å²) < 4.78 is 26.6. The molecule has 0 aromatic heterocycles. The van der Waals surface area contributed by atoms with Crippen molar-refractivity contribution >= 4 is 22.9 Å². The van der Waals surface area contributed by atoms with Crippen LogP contribution in [0.5, 0.6) is 0 Å². The molecule has 18 heavy (non-hydrogen) atoms. The predicted octanol–water partition coefficient (Wildman–Crippen LogP) is 2.22. The number of esters is 1. The van der Waals surface area contributed by atoms with Crippen molar-refractivity contribution in [2.75, 3.05) is 17.5 Å². The van der Waals surface area contributed by atoms with Crippen LogP contribution in [0.1, 0.15) is 30.6 Å². The Labute approximate surface area is 109 Å². The lowest BCUT2D eigenvalue weighted by atomic mass is 10.2. The number of carbonyl (C=O) groups is 1. The standard InChI is InChI=1S/C12H17NO4S/c1-3-8-13(18(15)16)11-7-5-6-10(9-11)12(14)17-4-2/h5-7,9H,3-4,8H2,1-2H3,(H,15,16). The van der Waals surface area contributed by atoms with Gasteiger partial charge in [0.05, 0.1) is 17.9 Å². The SMILES string of the molecule is CCCN(c1cccc(C(=O)OCC)c1)S(=O)O. The van der Waals surface area contributed by atoms with Crippen molar-refractivity contribution in [1.29, 1.82) is 0 Å². The molecule has 0 aliphatic rings. The van der Waals surface area contributed by atoms with Gasteiger partial charge >= 0.3 is 5.97 Å². The van der Waals surface area contributed by atoms with E-state index in [-0.39, 0.29) is 0 Å². The summed E-state index contributed by atoms with van der Waals surface area (Å²) in [5, 5.41) is 0. The second kappa shape index (κ2) is 7.13. The highest BCUT2D eigenvalue weighted by atomic mass is 32.2.